The maximum absolute atomic E-state index is 13.1. The van der Waals surface area contributed by atoms with Gasteiger partial charge < -0.3 is 14.4 Å². The summed E-state index contributed by atoms with van der Waals surface area (Å²) in [6, 6.07) is 10.9. The number of hydrogen-bond donors (Lipinski definition) is 0. The van der Waals surface area contributed by atoms with Gasteiger partial charge in [0, 0.05) is 17.8 Å². The number of anilines is 1. The van der Waals surface area contributed by atoms with Crippen molar-refractivity contribution in [3.8, 4) is 0 Å². The third-order valence-electron chi connectivity index (χ3n) is 6.08. The topological polar surface area (TPSA) is 59.1 Å². The van der Waals surface area contributed by atoms with Gasteiger partial charge in [-0.2, -0.15) is 0 Å². The van der Waals surface area contributed by atoms with Gasteiger partial charge in [0.15, 0.2) is 0 Å². The van der Waals surface area contributed by atoms with Crippen LogP contribution in [0.4, 0.5) is 10.5 Å². The van der Waals surface area contributed by atoms with Crippen molar-refractivity contribution in [1.29, 1.82) is 0 Å². The van der Waals surface area contributed by atoms with E-state index in [4.69, 9.17) is 32.7 Å². The second kappa shape index (κ2) is 9.49. The van der Waals surface area contributed by atoms with Crippen LogP contribution in [0.15, 0.2) is 42.5 Å². The smallest absolute Gasteiger partial charge is 0.413 e. The normalized spacial score (nSPS) is 19.9. The zero-order chi connectivity index (χ0) is 25.5. The standard InChI is InChI=1S/C27H30Cl2N2O4/c1-26(2,3)35-25(33)31-19(16-34-27(31,4)5)11-8-17-6-9-18(10-7-17)30-15-14-20-21(24(30)32)12-13-22(28)23(20)29/h6-13,19H,14-16H2,1-5H3. The molecule has 0 saturated carbocycles. The zero-order valence-electron chi connectivity index (χ0n) is 20.6. The summed E-state index contributed by atoms with van der Waals surface area (Å²) >= 11 is 12.4. The molecule has 2 aromatic carbocycles. The van der Waals surface area contributed by atoms with Crippen molar-refractivity contribution in [3.63, 3.8) is 0 Å². The summed E-state index contributed by atoms with van der Waals surface area (Å²) < 4.78 is 11.4. The summed E-state index contributed by atoms with van der Waals surface area (Å²) in [6.07, 6.45) is 4.13. The molecule has 2 aromatic rings. The molecule has 1 saturated heterocycles. The van der Waals surface area contributed by atoms with Crippen LogP contribution in [0.2, 0.25) is 10.0 Å². The van der Waals surface area contributed by atoms with Gasteiger partial charge in [0.2, 0.25) is 0 Å². The number of ether oxygens (including phenoxy) is 2. The van der Waals surface area contributed by atoms with Crippen LogP contribution in [0.1, 0.15) is 56.1 Å². The summed E-state index contributed by atoms with van der Waals surface area (Å²) in [5.74, 6) is -0.0913. The minimum Gasteiger partial charge on any atom is -0.444 e. The Bertz CT molecular complexity index is 1170. The Morgan fingerprint density at radius 2 is 1.83 bits per heavy atom. The highest BCUT2D eigenvalue weighted by atomic mass is 35.5. The lowest BCUT2D eigenvalue weighted by atomic mass is 9.98. The van der Waals surface area contributed by atoms with Gasteiger partial charge in [-0.15, -0.1) is 0 Å². The van der Waals surface area contributed by atoms with Gasteiger partial charge in [-0.25, -0.2) is 4.79 Å². The third-order valence-corrected chi connectivity index (χ3v) is 6.93. The van der Waals surface area contributed by atoms with E-state index in [-0.39, 0.29) is 11.9 Å². The maximum atomic E-state index is 13.1. The van der Waals surface area contributed by atoms with Crippen molar-refractivity contribution >= 4 is 47.0 Å². The number of carbonyl (C=O) groups is 2. The molecule has 2 amide bonds. The van der Waals surface area contributed by atoms with E-state index >= 15 is 0 Å². The van der Waals surface area contributed by atoms with Gasteiger partial charge in [0.1, 0.15) is 11.3 Å². The Hall–Kier alpha value is -2.54. The number of halogens is 2. The van der Waals surface area contributed by atoms with Crippen LogP contribution in [0.5, 0.6) is 0 Å². The molecule has 0 spiro atoms. The van der Waals surface area contributed by atoms with Gasteiger partial charge in [0.05, 0.1) is 22.7 Å². The Morgan fingerprint density at radius 1 is 1.14 bits per heavy atom. The number of fused-ring (bicyclic) bond motifs is 1. The van der Waals surface area contributed by atoms with Crippen LogP contribution >= 0.6 is 23.2 Å². The van der Waals surface area contributed by atoms with Crippen molar-refractivity contribution in [1.82, 2.24) is 4.90 Å². The number of carbonyl (C=O) groups excluding carboxylic acids is 2. The molecule has 1 fully saturated rings. The van der Waals surface area contributed by atoms with Gasteiger partial charge in [-0.3, -0.25) is 9.69 Å². The number of rotatable bonds is 3. The first-order valence-corrected chi connectivity index (χ1v) is 12.4. The molecule has 0 aromatic heterocycles. The lowest BCUT2D eigenvalue weighted by Gasteiger charge is -2.34. The average molecular weight is 517 g/mol. The molecule has 35 heavy (non-hydrogen) atoms. The molecule has 0 radical (unpaired) electrons. The van der Waals surface area contributed by atoms with Crippen LogP contribution in [-0.2, 0) is 15.9 Å². The number of benzene rings is 2. The van der Waals surface area contributed by atoms with Gasteiger partial charge in [0.25, 0.3) is 5.91 Å². The minimum absolute atomic E-state index is 0.0913. The van der Waals surface area contributed by atoms with Gasteiger partial charge in [-0.1, -0.05) is 47.5 Å². The second-order valence-electron chi connectivity index (χ2n) is 10.2. The van der Waals surface area contributed by atoms with E-state index in [0.29, 0.717) is 35.2 Å². The van der Waals surface area contributed by atoms with Crippen molar-refractivity contribution in [2.45, 2.75) is 58.4 Å². The van der Waals surface area contributed by atoms with E-state index in [1.807, 2.05) is 71.0 Å². The molecule has 2 heterocycles. The average Bonchev–Trinajstić information content (AvgIpc) is 3.08. The predicted octanol–water partition coefficient (Wildman–Crippen LogP) is 6.58. The van der Waals surface area contributed by atoms with E-state index in [1.165, 1.54) is 0 Å². The quantitative estimate of drug-likeness (QED) is 0.462. The molecule has 1 unspecified atom stereocenters. The SMILES string of the molecule is CC(C)(C)OC(=O)N1C(C=Cc2ccc(N3CCc4c(ccc(Cl)c4Cl)C3=O)cc2)COC1(C)C. The molecule has 186 valence electrons. The van der Waals surface area contributed by atoms with Crippen LogP contribution in [-0.4, -0.2) is 47.4 Å². The molecule has 4 rings (SSSR count). The molecule has 0 bridgehead atoms. The van der Waals surface area contributed by atoms with Crippen molar-refractivity contribution < 1.29 is 19.1 Å². The highest BCUT2D eigenvalue weighted by molar-refractivity contribution is 6.43. The number of amides is 2. The lowest BCUT2D eigenvalue weighted by molar-refractivity contribution is -0.0610. The third kappa shape index (κ3) is 5.35. The molecule has 2 aliphatic heterocycles. The van der Waals surface area contributed by atoms with Crippen molar-refractivity contribution in [2.24, 2.45) is 0 Å². The number of nitrogens with zero attached hydrogens (tertiary/aromatic N) is 2. The lowest BCUT2D eigenvalue weighted by Crippen LogP contribution is -2.49. The molecule has 1 atom stereocenters. The van der Waals surface area contributed by atoms with Gasteiger partial charge >= 0.3 is 6.09 Å². The zero-order valence-corrected chi connectivity index (χ0v) is 22.1. The molecule has 2 aliphatic rings. The summed E-state index contributed by atoms with van der Waals surface area (Å²) in [4.78, 5) is 29.3. The number of hydrogen-bond acceptors (Lipinski definition) is 4. The van der Waals surface area contributed by atoms with Crippen LogP contribution in [0.3, 0.4) is 0 Å². The maximum Gasteiger partial charge on any atom is 0.413 e. The van der Waals surface area contributed by atoms with Crippen LogP contribution < -0.4 is 4.90 Å². The van der Waals surface area contributed by atoms with Gasteiger partial charge in [-0.05, 0) is 76.4 Å². The van der Waals surface area contributed by atoms with E-state index in [0.717, 1.165) is 16.8 Å². The highest BCUT2D eigenvalue weighted by Gasteiger charge is 2.44. The molecule has 0 aliphatic carbocycles. The predicted molar refractivity (Wildman–Crippen MR) is 139 cm³/mol. The first kappa shape index (κ1) is 25.5. The Balaban J connectivity index is 1.48. The molecule has 0 N–H and O–H groups in total. The first-order valence-electron chi connectivity index (χ1n) is 11.6. The molecular formula is C27H30Cl2N2O4. The fourth-order valence-corrected chi connectivity index (χ4v) is 4.82. The summed E-state index contributed by atoms with van der Waals surface area (Å²) in [5, 5.41) is 0.918. The summed E-state index contributed by atoms with van der Waals surface area (Å²) in [5.41, 5.74) is 1.78. The van der Waals surface area contributed by atoms with E-state index in [1.54, 1.807) is 21.9 Å². The van der Waals surface area contributed by atoms with E-state index in [9.17, 15) is 9.59 Å². The van der Waals surface area contributed by atoms with Crippen LogP contribution in [0.25, 0.3) is 6.08 Å². The summed E-state index contributed by atoms with van der Waals surface area (Å²) in [7, 11) is 0. The Labute approximate surface area is 216 Å². The summed E-state index contributed by atoms with van der Waals surface area (Å²) in [6.45, 7) is 10.2. The van der Waals surface area contributed by atoms with Crippen molar-refractivity contribution in [2.75, 3.05) is 18.1 Å². The fourth-order valence-electron chi connectivity index (χ4n) is 4.38. The van der Waals surface area contributed by atoms with Crippen LogP contribution in [0, 0.1) is 0 Å². The van der Waals surface area contributed by atoms with E-state index < -0.39 is 17.4 Å². The highest BCUT2D eigenvalue weighted by Crippen LogP contribution is 2.34. The minimum atomic E-state index is -0.765. The second-order valence-corrected chi connectivity index (χ2v) is 11.0. The van der Waals surface area contributed by atoms with E-state index in [2.05, 4.69) is 0 Å². The van der Waals surface area contributed by atoms with Crippen molar-refractivity contribution in [3.05, 3.63) is 69.2 Å². The Kier molecular flexibility index (Phi) is 6.93. The molecule has 6 nitrogen and oxygen atoms in total. The first-order chi connectivity index (χ1) is 16.4. The fraction of sp³-hybridized carbons (Fsp3) is 0.407. The largest absolute Gasteiger partial charge is 0.444 e. The Morgan fingerprint density at radius 3 is 2.49 bits per heavy atom. The molecule has 8 heteroatoms. The molecular weight excluding hydrogens is 487 g/mol. The monoisotopic (exact) mass is 516 g/mol.